The van der Waals surface area contributed by atoms with Crippen molar-refractivity contribution in [3.63, 3.8) is 0 Å². The highest BCUT2D eigenvalue weighted by Gasteiger charge is 2.15. The fourth-order valence-electron chi connectivity index (χ4n) is 0.417. The van der Waals surface area contributed by atoms with Gasteiger partial charge in [-0.3, -0.25) is 0 Å². The van der Waals surface area contributed by atoms with Gasteiger partial charge in [-0.15, -0.1) is 11.6 Å². The molecule has 0 saturated heterocycles. The van der Waals surface area contributed by atoms with Crippen molar-refractivity contribution >= 4 is 11.6 Å². The first kappa shape index (κ1) is 9.25. The van der Waals surface area contributed by atoms with Crippen LogP contribution in [0.25, 0.3) is 0 Å². The summed E-state index contributed by atoms with van der Waals surface area (Å²) >= 11 is 5.65. The van der Waals surface area contributed by atoms with Crippen molar-refractivity contribution in [2.24, 2.45) is 5.41 Å². The number of rotatable bonds is 4. The van der Waals surface area contributed by atoms with Crippen LogP contribution in [0.5, 0.6) is 0 Å². The summed E-state index contributed by atoms with van der Waals surface area (Å²) in [5, 5.41) is 0. The van der Waals surface area contributed by atoms with Crippen molar-refractivity contribution in [1.29, 1.82) is 0 Å². The van der Waals surface area contributed by atoms with Gasteiger partial charge in [0.05, 0.1) is 6.61 Å². The van der Waals surface area contributed by atoms with E-state index in [1.54, 1.807) is 0 Å². The van der Waals surface area contributed by atoms with E-state index >= 15 is 0 Å². The molecule has 0 radical (unpaired) electrons. The van der Waals surface area contributed by atoms with Gasteiger partial charge >= 0.3 is 0 Å². The minimum absolute atomic E-state index is 0.136. The van der Waals surface area contributed by atoms with Gasteiger partial charge in [0, 0.05) is 17.9 Å². The molecule has 56 valence electrons. The van der Waals surface area contributed by atoms with Gasteiger partial charge in [0.25, 0.3) is 0 Å². The summed E-state index contributed by atoms with van der Waals surface area (Å²) in [4.78, 5) is 0. The van der Waals surface area contributed by atoms with Crippen molar-refractivity contribution < 1.29 is 4.74 Å². The van der Waals surface area contributed by atoms with Crippen LogP contribution >= 0.6 is 11.6 Å². The monoisotopic (exact) mass is 150 g/mol. The molecule has 0 N–H and O–H groups in total. The Labute approximate surface area is 62.3 Å². The fraction of sp³-hybridized carbons (Fsp3) is 1.00. The van der Waals surface area contributed by atoms with E-state index in [1.165, 1.54) is 0 Å². The molecule has 0 aromatic carbocycles. The zero-order valence-corrected chi connectivity index (χ0v) is 7.16. The summed E-state index contributed by atoms with van der Waals surface area (Å²) in [6.07, 6.45) is 0. The molecule has 0 aliphatic carbocycles. The summed E-state index contributed by atoms with van der Waals surface area (Å²) in [5.74, 6) is 0.660. The Morgan fingerprint density at radius 1 is 1.44 bits per heavy atom. The summed E-state index contributed by atoms with van der Waals surface area (Å²) in [5.41, 5.74) is 0.136. The van der Waals surface area contributed by atoms with E-state index in [4.69, 9.17) is 16.3 Å². The van der Waals surface area contributed by atoms with Crippen LogP contribution in [0.3, 0.4) is 0 Å². The van der Waals surface area contributed by atoms with Crippen LogP contribution < -0.4 is 0 Å². The molecule has 1 nitrogen and oxygen atoms in total. The SMILES string of the molecule is CCOCC(C)(C)CCl. The zero-order chi connectivity index (χ0) is 7.33. The average molecular weight is 151 g/mol. The van der Waals surface area contributed by atoms with E-state index in [0.29, 0.717) is 5.88 Å². The van der Waals surface area contributed by atoms with Crippen molar-refractivity contribution in [2.75, 3.05) is 19.1 Å². The lowest BCUT2D eigenvalue weighted by Crippen LogP contribution is -2.20. The maximum absolute atomic E-state index is 5.65. The second kappa shape index (κ2) is 4.13. The highest BCUT2D eigenvalue weighted by atomic mass is 35.5. The minimum Gasteiger partial charge on any atom is -0.381 e. The van der Waals surface area contributed by atoms with Gasteiger partial charge in [-0.25, -0.2) is 0 Å². The zero-order valence-electron chi connectivity index (χ0n) is 6.41. The Bertz CT molecular complexity index is 71.3. The Morgan fingerprint density at radius 2 is 2.00 bits per heavy atom. The van der Waals surface area contributed by atoms with Crippen LogP contribution in [-0.2, 0) is 4.74 Å². The number of alkyl halides is 1. The highest BCUT2D eigenvalue weighted by Crippen LogP contribution is 2.16. The second-order valence-electron chi connectivity index (χ2n) is 2.93. The molecule has 0 bridgehead atoms. The third-order valence-corrected chi connectivity index (χ3v) is 1.78. The molecule has 0 spiro atoms. The lowest BCUT2D eigenvalue weighted by atomic mass is 9.98. The van der Waals surface area contributed by atoms with Crippen molar-refractivity contribution in [2.45, 2.75) is 20.8 Å². The number of hydrogen-bond acceptors (Lipinski definition) is 1. The molecule has 2 heteroatoms. The molecule has 0 unspecified atom stereocenters. The van der Waals surface area contributed by atoms with E-state index in [1.807, 2.05) is 6.92 Å². The van der Waals surface area contributed by atoms with Crippen LogP contribution in [0.4, 0.5) is 0 Å². The molecule has 0 fully saturated rings. The first-order valence-corrected chi connectivity index (χ1v) is 3.79. The molecule has 0 aromatic heterocycles. The molecular formula is C7H15ClO. The maximum Gasteiger partial charge on any atom is 0.0528 e. The molecule has 0 heterocycles. The van der Waals surface area contributed by atoms with Gasteiger partial charge in [-0.1, -0.05) is 13.8 Å². The van der Waals surface area contributed by atoms with Gasteiger partial charge in [0.1, 0.15) is 0 Å². The third-order valence-electron chi connectivity index (χ3n) is 1.06. The van der Waals surface area contributed by atoms with E-state index in [2.05, 4.69) is 13.8 Å². The molecule has 0 amide bonds. The summed E-state index contributed by atoms with van der Waals surface area (Å²) in [6, 6.07) is 0. The van der Waals surface area contributed by atoms with Crippen molar-refractivity contribution in [1.82, 2.24) is 0 Å². The number of halogens is 1. The van der Waals surface area contributed by atoms with Crippen molar-refractivity contribution in [3.8, 4) is 0 Å². The predicted molar refractivity (Wildman–Crippen MR) is 41.0 cm³/mol. The summed E-state index contributed by atoms with van der Waals surface area (Å²) in [7, 11) is 0. The van der Waals surface area contributed by atoms with Gasteiger partial charge in [0.15, 0.2) is 0 Å². The summed E-state index contributed by atoms with van der Waals surface area (Å²) in [6.45, 7) is 7.71. The second-order valence-corrected chi connectivity index (χ2v) is 3.20. The summed E-state index contributed by atoms with van der Waals surface area (Å²) < 4.78 is 5.20. The lowest BCUT2D eigenvalue weighted by molar-refractivity contribution is 0.0822. The normalized spacial score (nSPS) is 12.0. The van der Waals surface area contributed by atoms with Gasteiger partial charge in [-0.05, 0) is 6.92 Å². The predicted octanol–water partition coefficient (Wildman–Crippen LogP) is 2.29. The molecule has 0 aromatic rings. The number of hydrogen-bond donors (Lipinski definition) is 0. The highest BCUT2D eigenvalue weighted by molar-refractivity contribution is 6.18. The Hall–Kier alpha value is 0.250. The molecule has 0 aliphatic heterocycles. The number of ether oxygens (including phenoxy) is 1. The molecular weight excluding hydrogens is 136 g/mol. The Balaban J connectivity index is 3.33. The minimum atomic E-state index is 0.136. The van der Waals surface area contributed by atoms with Crippen LogP contribution in [0, 0.1) is 5.41 Å². The average Bonchev–Trinajstić information content (AvgIpc) is 1.84. The van der Waals surface area contributed by atoms with E-state index in [9.17, 15) is 0 Å². The van der Waals surface area contributed by atoms with Gasteiger partial charge in [0.2, 0.25) is 0 Å². The molecule has 0 saturated carbocycles. The van der Waals surface area contributed by atoms with E-state index in [0.717, 1.165) is 13.2 Å². The molecule has 0 atom stereocenters. The topological polar surface area (TPSA) is 9.23 Å². The first-order chi connectivity index (χ1) is 4.12. The lowest BCUT2D eigenvalue weighted by Gasteiger charge is -2.20. The van der Waals surface area contributed by atoms with Gasteiger partial charge < -0.3 is 4.74 Å². The van der Waals surface area contributed by atoms with Crippen molar-refractivity contribution in [3.05, 3.63) is 0 Å². The smallest absolute Gasteiger partial charge is 0.0528 e. The Kier molecular flexibility index (Phi) is 4.24. The quantitative estimate of drug-likeness (QED) is 0.559. The molecule has 0 rings (SSSR count). The Morgan fingerprint density at radius 3 is 2.33 bits per heavy atom. The van der Waals surface area contributed by atoms with Crippen LogP contribution in [0.1, 0.15) is 20.8 Å². The fourth-order valence-corrected chi connectivity index (χ4v) is 0.494. The van der Waals surface area contributed by atoms with Crippen LogP contribution in [-0.4, -0.2) is 19.1 Å². The maximum atomic E-state index is 5.65. The van der Waals surface area contributed by atoms with E-state index in [-0.39, 0.29) is 5.41 Å². The molecule has 0 aliphatic rings. The van der Waals surface area contributed by atoms with E-state index < -0.39 is 0 Å². The largest absolute Gasteiger partial charge is 0.381 e. The first-order valence-electron chi connectivity index (χ1n) is 3.26. The van der Waals surface area contributed by atoms with Crippen LogP contribution in [0.15, 0.2) is 0 Å². The third kappa shape index (κ3) is 4.73. The molecule has 9 heavy (non-hydrogen) atoms. The standard InChI is InChI=1S/C7H15ClO/c1-4-9-6-7(2,3)5-8/h4-6H2,1-3H3. The van der Waals surface area contributed by atoms with Crippen LogP contribution in [0.2, 0.25) is 0 Å². The van der Waals surface area contributed by atoms with Gasteiger partial charge in [-0.2, -0.15) is 0 Å².